The summed E-state index contributed by atoms with van der Waals surface area (Å²) in [6.07, 6.45) is 6.84. The summed E-state index contributed by atoms with van der Waals surface area (Å²) in [6, 6.07) is 7.32. The van der Waals surface area contributed by atoms with Gasteiger partial charge in [0.2, 0.25) is 0 Å². The summed E-state index contributed by atoms with van der Waals surface area (Å²) in [6.45, 7) is 0. The zero-order valence-electron chi connectivity index (χ0n) is 11.0. The third-order valence-corrected chi connectivity index (χ3v) is 4.22. The topological polar surface area (TPSA) is 34.1 Å². The molecule has 0 heterocycles. The Kier molecular flexibility index (Phi) is 4.76. The van der Waals surface area contributed by atoms with Gasteiger partial charge >= 0.3 is 0 Å². The van der Waals surface area contributed by atoms with Crippen LogP contribution in [-0.2, 0) is 16.0 Å². The van der Waals surface area contributed by atoms with Crippen LogP contribution in [0.3, 0.4) is 0 Å². The molecule has 1 fully saturated rings. The molecule has 0 unspecified atom stereocenters. The normalized spacial score (nSPS) is 17.9. The van der Waals surface area contributed by atoms with Crippen LogP contribution in [0.5, 0.6) is 0 Å². The Morgan fingerprint density at radius 3 is 2.37 bits per heavy atom. The molecule has 1 aromatic rings. The minimum atomic E-state index is -0.387. The molecule has 2 nitrogen and oxygen atoms in total. The molecule has 0 atom stereocenters. The highest BCUT2D eigenvalue weighted by molar-refractivity contribution is 6.30. The van der Waals surface area contributed by atoms with Crippen molar-refractivity contribution < 1.29 is 9.59 Å². The molecular weight excluding hydrogens is 260 g/mol. The standard InChI is InChI=1S/C16H19ClO2/c17-14-6-4-13(5-7-14)10-15(19)11-16(12-18)8-2-1-3-9-16/h4-7,12H,1-3,8-11H2. The van der Waals surface area contributed by atoms with Gasteiger partial charge in [0.1, 0.15) is 12.1 Å². The first kappa shape index (κ1) is 14.3. The van der Waals surface area contributed by atoms with Crippen molar-refractivity contribution in [1.82, 2.24) is 0 Å². The zero-order valence-corrected chi connectivity index (χ0v) is 11.8. The third-order valence-electron chi connectivity index (χ3n) is 3.96. The van der Waals surface area contributed by atoms with Crippen LogP contribution in [-0.4, -0.2) is 12.1 Å². The van der Waals surface area contributed by atoms with Gasteiger partial charge in [-0.15, -0.1) is 0 Å². The summed E-state index contributed by atoms with van der Waals surface area (Å²) >= 11 is 5.82. The molecule has 0 bridgehead atoms. The fourth-order valence-electron chi connectivity index (χ4n) is 2.88. The van der Waals surface area contributed by atoms with E-state index in [9.17, 15) is 9.59 Å². The Hall–Kier alpha value is -1.15. The predicted octanol–water partition coefficient (Wildman–Crippen LogP) is 3.99. The number of carbonyl (C=O) groups is 2. The maximum absolute atomic E-state index is 12.1. The number of benzene rings is 1. The minimum absolute atomic E-state index is 0.149. The largest absolute Gasteiger partial charge is 0.303 e. The van der Waals surface area contributed by atoms with E-state index in [1.54, 1.807) is 12.1 Å². The smallest absolute Gasteiger partial charge is 0.138 e. The number of ketones is 1. The summed E-state index contributed by atoms with van der Waals surface area (Å²) in [5, 5.41) is 0.674. The molecule has 102 valence electrons. The molecule has 0 aromatic heterocycles. The van der Waals surface area contributed by atoms with E-state index in [0.29, 0.717) is 17.9 Å². The molecule has 2 rings (SSSR count). The Bertz CT molecular complexity index is 444. The first-order valence-corrected chi connectivity index (χ1v) is 7.24. The van der Waals surface area contributed by atoms with Gasteiger partial charge in [-0.25, -0.2) is 0 Å². The average molecular weight is 279 g/mol. The molecular formula is C16H19ClO2. The Labute approximate surface area is 119 Å². The number of rotatable bonds is 5. The highest BCUT2D eigenvalue weighted by Crippen LogP contribution is 2.37. The van der Waals surface area contributed by atoms with Gasteiger partial charge in [-0.2, -0.15) is 0 Å². The van der Waals surface area contributed by atoms with E-state index < -0.39 is 0 Å². The average Bonchev–Trinajstić information content (AvgIpc) is 2.42. The molecule has 1 saturated carbocycles. The molecule has 19 heavy (non-hydrogen) atoms. The van der Waals surface area contributed by atoms with Gasteiger partial charge in [0.25, 0.3) is 0 Å². The summed E-state index contributed by atoms with van der Waals surface area (Å²) in [4.78, 5) is 23.5. The molecule has 0 aliphatic heterocycles. The summed E-state index contributed by atoms with van der Waals surface area (Å²) < 4.78 is 0. The second-order valence-corrected chi connectivity index (χ2v) is 6.00. The highest BCUT2D eigenvalue weighted by atomic mass is 35.5. The first-order chi connectivity index (χ1) is 9.13. The first-order valence-electron chi connectivity index (χ1n) is 6.86. The fourth-order valence-corrected chi connectivity index (χ4v) is 3.00. The van der Waals surface area contributed by atoms with Crippen LogP contribution in [0.4, 0.5) is 0 Å². The van der Waals surface area contributed by atoms with E-state index in [2.05, 4.69) is 0 Å². The van der Waals surface area contributed by atoms with Crippen molar-refractivity contribution in [2.75, 3.05) is 0 Å². The van der Waals surface area contributed by atoms with Gasteiger partial charge in [0.15, 0.2) is 0 Å². The van der Waals surface area contributed by atoms with Crippen molar-refractivity contribution in [3.63, 3.8) is 0 Å². The summed E-state index contributed by atoms with van der Waals surface area (Å²) in [7, 11) is 0. The number of aldehydes is 1. The SMILES string of the molecule is O=CC1(CC(=O)Cc2ccc(Cl)cc2)CCCCC1. The lowest BCUT2D eigenvalue weighted by Gasteiger charge is -2.31. The predicted molar refractivity (Wildman–Crippen MR) is 76.4 cm³/mol. The lowest BCUT2D eigenvalue weighted by molar-refractivity contribution is -0.127. The van der Waals surface area contributed by atoms with Crippen molar-refractivity contribution in [2.24, 2.45) is 5.41 Å². The zero-order chi connectivity index (χ0) is 13.7. The van der Waals surface area contributed by atoms with Gasteiger partial charge < -0.3 is 4.79 Å². The molecule has 0 N–H and O–H groups in total. The van der Waals surface area contributed by atoms with Crippen molar-refractivity contribution >= 4 is 23.7 Å². The molecule has 1 aliphatic carbocycles. The van der Waals surface area contributed by atoms with E-state index in [0.717, 1.165) is 37.5 Å². The maximum atomic E-state index is 12.1. The number of hydrogen-bond donors (Lipinski definition) is 0. The van der Waals surface area contributed by atoms with Crippen molar-refractivity contribution in [2.45, 2.75) is 44.9 Å². The van der Waals surface area contributed by atoms with Crippen LogP contribution in [0.2, 0.25) is 5.02 Å². The van der Waals surface area contributed by atoms with Crippen LogP contribution >= 0.6 is 11.6 Å². The number of Topliss-reactive ketones (excluding diaryl/α,β-unsaturated/α-hetero) is 1. The van der Waals surface area contributed by atoms with Gasteiger partial charge in [-0.1, -0.05) is 43.0 Å². The van der Waals surface area contributed by atoms with Crippen molar-refractivity contribution in [3.8, 4) is 0 Å². The Morgan fingerprint density at radius 1 is 1.16 bits per heavy atom. The molecule has 1 aromatic carbocycles. The van der Waals surface area contributed by atoms with Gasteiger partial charge in [-0.3, -0.25) is 4.79 Å². The summed E-state index contributed by atoms with van der Waals surface area (Å²) in [5.41, 5.74) is 0.577. The quantitative estimate of drug-likeness (QED) is 0.763. The second kappa shape index (κ2) is 6.33. The van der Waals surface area contributed by atoms with Gasteiger partial charge in [-0.05, 0) is 30.5 Å². The van der Waals surface area contributed by atoms with E-state index in [-0.39, 0.29) is 11.2 Å². The molecule has 0 amide bonds. The Morgan fingerprint density at radius 2 is 1.79 bits per heavy atom. The fraction of sp³-hybridized carbons (Fsp3) is 0.500. The van der Waals surface area contributed by atoms with Crippen LogP contribution < -0.4 is 0 Å². The van der Waals surface area contributed by atoms with Gasteiger partial charge in [0.05, 0.1) is 0 Å². The summed E-state index contributed by atoms with van der Waals surface area (Å²) in [5.74, 6) is 0.149. The lowest BCUT2D eigenvalue weighted by atomic mass is 9.71. The molecule has 0 radical (unpaired) electrons. The van der Waals surface area contributed by atoms with Gasteiger partial charge in [0, 0.05) is 23.3 Å². The second-order valence-electron chi connectivity index (χ2n) is 5.56. The molecule has 3 heteroatoms. The van der Waals surface area contributed by atoms with E-state index in [1.165, 1.54) is 6.42 Å². The highest BCUT2D eigenvalue weighted by Gasteiger charge is 2.33. The molecule has 1 aliphatic rings. The van der Waals surface area contributed by atoms with E-state index in [4.69, 9.17) is 11.6 Å². The Balaban J connectivity index is 1.96. The maximum Gasteiger partial charge on any atom is 0.138 e. The van der Waals surface area contributed by atoms with Crippen molar-refractivity contribution in [3.05, 3.63) is 34.9 Å². The minimum Gasteiger partial charge on any atom is -0.303 e. The van der Waals surface area contributed by atoms with Crippen molar-refractivity contribution in [1.29, 1.82) is 0 Å². The van der Waals surface area contributed by atoms with Crippen LogP contribution in [0.25, 0.3) is 0 Å². The third kappa shape index (κ3) is 3.90. The van der Waals surface area contributed by atoms with E-state index >= 15 is 0 Å². The number of carbonyl (C=O) groups excluding carboxylic acids is 2. The lowest BCUT2D eigenvalue weighted by Crippen LogP contribution is -2.29. The van der Waals surface area contributed by atoms with E-state index in [1.807, 2.05) is 12.1 Å². The van der Waals surface area contributed by atoms with Crippen LogP contribution in [0.15, 0.2) is 24.3 Å². The number of halogens is 1. The molecule has 0 spiro atoms. The van der Waals surface area contributed by atoms with Crippen LogP contribution in [0, 0.1) is 5.41 Å². The van der Waals surface area contributed by atoms with Crippen LogP contribution in [0.1, 0.15) is 44.1 Å². The monoisotopic (exact) mass is 278 g/mol. The molecule has 0 saturated heterocycles. The number of hydrogen-bond acceptors (Lipinski definition) is 2.